The molecule has 0 saturated carbocycles. The lowest BCUT2D eigenvalue weighted by atomic mass is 10.2. The highest BCUT2D eigenvalue weighted by Crippen LogP contribution is 2.31. The van der Waals surface area contributed by atoms with Gasteiger partial charge in [-0.25, -0.2) is 4.79 Å². The molecule has 3 rings (SSSR count). The van der Waals surface area contributed by atoms with Gasteiger partial charge in [0.15, 0.2) is 0 Å². The predicted octanol–water partition coefficient (Wildman–Crippen LogP) is 3.98. The van der Waals surface area contributed by atoms with Crippen molar-refractivity contribution in [2.75, 3.05) is 35.9 Å². The van der Waals surface area contributed by atoms with Crippen LogP contribution in [0.5, 0.6) is 5.75 Å². The van der Waals surface area contributed by atoms with Gasteiger partial charge in [-0.1, -0.05) is 12.1 Å². The van der Waals surface area contributed by atoms with Gasteiger partial charge in [0.1, 0.15) is 10.6 Å². The number of hydrogen-bond acceptors (Lipinski definition) is 7. The summed E-state index contributed by atoms with van der Waals surface area (Å²) in [6.45, 7) is 2.38. The van der Waals surface area contributed by atoms with Crippen molar-refractivity contribution in [2.24, 2.45) is 0 Å². The summed E-state index contributed by atoms with van der Waals surface area (Å²) in [5.74, 6) is 1.31. The normalized spacial score (nSPS) is 13.4. The molecule has 2 aromatic rings. The van der Waals surface area contributed by atoms with E-state index in [1.165, 1.54) is 18.4 Å². The Balaban J connectivity index is 1.81. The number of carbonyl (C=O) groups is 2. The third-order valence-electron chi connectivity index (χ3n) is 3.88. The maximum Gasteiger partial charge on any atom is 0.336 e. The van der Waals surface area contributed by atoms with Crippen LogP contribution in [0.3, 0.4) is 0 Å². The lowest BCUT2D eigenvalue weighted by Gasteiger charge is -2.14. The highest BCUT2D eigenvalue weighted by molar-refractivity contribution is 8.00. The number of nitrogens with one attached hydrogen (secondary N) is 2. The molecule has 0 unspecified atom stereocenters. The number of rotatable bonds is 7. The zero-order valence-electron chi connectivity index (χ0n) is 15.0. The van der Waals surface area contributed by atoms with Crippen LogP contribution in [-0.2, 0) is 9.53 Å². The maximum atomic E-state index is 12.7. The highest BCUT2D eigenvalue weighted by Gasteiger charge is 2.23. The molecule has 0 fully saturated rings. The quantitative estimate of drug-likeness (QED) is 0.680. The van der Waals surface area contributed by atoms with Crippen LogP contribution in [0.2, 0.25) is 0 Å². The Morgan fingerprint density at radius 1 is 1.15 bits per heavy atom. The first-order valence-corrected chi connectivity index (χ1v) is 10.4. The van der Waals surface area contributed by atoms with E-state index in [1.807, 2.05) is 36.6 Å². The zero-order valence-corrected chi connectivity index (χ0v) is 16.7. The number of hydrogen-bond donors (Lipinski definition) is 2. The summed E-state index contributed by atoms with van der Waals surface area (Å²) in [7, 11) is 1.38. The molecule has 2 N–H and O–H groups in total. The average Bonchev–Trinajstić information content (AvgIpc) is 3.32. The van der Waals surface area contributed by atoms with Crippen LogP contribution < -0.4 is 15.4 Å². The number of carbonyl (C=O) groups excluding carboxylic acids is 2. The van der Waals surface area contributed by atoms with Crippen LogP contribution >= 0.6 is 23.1 Å². The molecular formula is C19H20N2O4S2. The fourth-order valence-corrected chi connectivity index (χ4v) is 4.40. The number of methoxy groups -OCH3 is 1. The SMILES string of the molecule is CCOc1ccsc1C(=O)Nc1ccccc1NC1=C(C(=O)OC)CSC1. The van der Waals surface area contributed by atoms with Crippen LogP contribution in [0.4, 0.5) is 11.4 Å². The zero-order chi connectivity index (χ0) is 19.2. The van der Waals surface area contributed by atoms with Gasteiger partial charge < -0.3 is 20.1 Å². The molecule has 0 aliphatic carbocycles. The molecule has 0 radical (unpaired) electrons. The molecule has 6 nitrogen and oxygen atoms in total. The molecule has 1 aliphatic heterocycles. The minimum atomic E-state index is -0.330. The van der Waals surface area contributed by atoms with Crippen LogP contribution in [0, 0.1) is 0 Å². The van der Waals surface area contributed by atoms with Gasteiger partial charge in [0.2, 0.25) is 0 Å². The minimum Gasteiger partial charge on any atom is -0.492 e. The smallest absolute Gasteiger partial charge is 0.336 e. The van der Waals surface area contributed by atoms with Crippen molar-refractivity contribution in [2.45, 2.75) is 6.92 Å². The van der Waals surface area contributed by atoms with E-state index < -0.39 is 0 Å². The van der Waals surface area contributed by atoms with Gasteiger partial charge in [-0.2, -0.15) is 11.8 Å². The van der Waals surface area contributed by atoms with E-state index in [0.29, 0.717) is 40.0 Å². The summed E-state index contributed by atoms with van der Waals surface area (Å²) in [5.41, 5.74) is 2.78. The number of ether oxygens (including phenoxy) is 2. The second kappa shape index (κ2) is 8.96. The van der Waals surface area contributed by atoms with Crippen molar-refractivity contribution in [1.29, 1.82) is 0 Å². The number of thiophene rings is 1. The molecule has 1 amide bonds. The number of amides is 1. The number of anilines is 2. The van der Waals surface area contributed by atoms with Gasteiger partial charge in [-0.3, -0.25) is 4.79 Å². The number of para-hydroxylation sites is 2. The molecule has 1 aliphatic rings. The molecule has 1 aromatic heterocycles. The lowest BCUT2D eigenvalue weighted by molar-refractivity contribution is -0.136. The highest BCUT2D eigenvalue weighted by atomic mass is 32.2. The Bertz CT molecular complexity index is 876. The van der Waals surface area contributed by atoms with Gasteiger partial charge in [-0.05, 0) is 30.5 Å². The Kier molecular flexibility index (Phi) is 6.41. The van der Waals surface area contributed by atoms with Crippen LogP contribution in [-0.4, -0.2) is 37.1 Å². The van der Waals surface area contributed by atoms with Crippen molar-refractivity contribution >= 4 is 46.3 Å². The Hall–Kier alpha value is -2.45. The van der Waals surface area contributed by atoms with Crippen molar-refractivity contribution in [3.05, 3.63) is 51.9 Å². The van der Waals surface area contributed by atoms with Crippen LogP contribution in [0.25, 0.3) is 0 Å². The summed E-state index contributed by atoms with van der Waals surface area (Å²) in [6, 6.07) is 9.18. The Labute approximate surface area is 165 Å². The fourth-order valence-electron chi connectivity index (χ4n) is 2.62. The predicted molar refractivity (Wildman–Crippen MR) is 110 cm³/mol. The van der Waals surface area contributed by atoms with E-state index >= 15 is 0 Å². The topological polar surface area (TPSA) is 76.7 Å². The standard InChI is InChI=1S/C19H20N2O4S2/c1-3-25-16-8-9-27-17(16)18(22)21-14-7-5-4-6-13(14)20-15-11-26-10-12(15)19(23)24-2/h4-9,20H,3,10-11H2,1-2H3,(H,21,22). The van der Waals surface area contributed by atoms with E-state index in [0.717, 1.165) is 11.4 Å². The first-order chi connectivity index (χ1) is 13.1. The summed E-state index contributed by atoms with van der Waals surface area (Å²) in [4.78, 5) is 25.1. The molecular weight excluding hydrogens is 384 g/mol. The van der Waals surface area contributed by atoms with Crippen molar-refractivity contribution in [1.82, 2.24) is 0 Å². The summed E-state index contributed by atoms with van der Waals surface area (Å²) < 4.78 is 10.3. The molecule has 27 heavy (non-hydrogen) atoms. The third-order valence-corrected chi connectivity index (χ3v) is 5.76. The fraction of sp³-hybridized carbons (Fsp3) is 0.263. The molecule has 0 atom stereocenters. The Morgan fingerprint density at radius 3 is 2.67 bits per heavy atom. The molecule has 0 bridgehead atoms. The van der Waals surface area contributed by atoms with E-state index in [9.17, 15) is 9.59 Å². The van der Waals surface area contributed by atoms with Gasteiger partial charge in [0.05, 0.1) is 30.7 Å². The van der Waals surface area contributed by atoms with Crippen molar-refractivity contribution in [3.8, 4) is 5.75 Å². The second-order valence-corrected chi connectivity index (χ2v) is 7.51. The third kappa shape index (κ3) is 4.45. The molecule has 0 saturated heterocycles. The molecule has 8 heteroatoms. The van der Waals surface area contributed by atoms with Crippen LogP contribution in [0.15, 0.2) is 47.0 Å². The first-order valence-electron chi connectivity index (χ1n) is 8.39. The number of thioether (sulfide) groups is 1. The molecule has 142 valence electrons. The van der Waals surface area contributed by atoms with Gasteiger partial charge >= 0.3 is 5.97 Å². The van der Waals surface area contributed by atoms with Gasteiger partial charge in [0.25, 0.3) is 5.91 Å². The second-order valence-electron chi connectivity index (χ2n) is 5.61. The van der Waals surface area contributed by atoms with Crippen molar-refractivity contribution < 1.29 is 19.1 Å². The lowest BCUT2D eigenvalue weighted by Crippen LogP contribution is -2.15. The molecule has 2 heterocycles. The maximum absolute atomic E-state index is 12.7. The largest absolute Gasteiger partial charge is 0.492 e. The van der Waals surface area contributed by atoms with Gasteiger partial charge in [-0.15, -0.1) is 11.3 Å². The molecule has 1 aromatic carbocycles. The van der Waals surface area contributed by atoms with Crippen molar-refractivity contribution in [3.63, 3.8) is 0 Å². The number of esters is 1. The number of benzene rings is 1. The van der Waals surface area contributed by atoms with E-state index in [2.05, 4.69) is 10.6 Å². The first kappa shape index (κ1) is 19.3. The van der Waals surface area contributed by atoms with E-state index in [1.54, 1.807) is 17.8 Å². The van der Waals surface area contributed by atoms with E-state index in [-0.39, 0.29) is 11.9 Å². The minimum absolute atomic E-state index is 0.231. The molecule has 0 spiro atoms. The summed E-state index contributed by atoms with van der Waals surface area (Å²) >= 11 is 2.97. The monoisotopic (exact) mass is 404 g/mol. The van der Waals surface area contributed by atoms with Crippen LogP contribution in [0.1, 0.15) is 16.6 Å². The summed E-state index contributed by atoms with van der Waals surface area (Å²) in [5, 5.41) is 8.03. The average molecular weight is 405 g/mol. The Morgan fingerprint density at radius 2 is 1.93 bits per heavy atom. The summed E-state index contributed by atoms with van der Waals surface area (Å²) in [6.07, 6.45) is 0. The van der Waals surface area contributed by atoms with Gasteiger partial charge in [0, 0.05) is 17.2 Å². The van der Waals surface area contributed by atoms with E-state index in [4.69, 9.17) is 9.47 Å².